The third-order valence-corrected chi connectivity index (χ3v) is 5.03. The molecule has 0 radical (unpaired) electrons. The van der Waals surface area contributed by atoms with Crippen LogP contribution in [-0.4, -0.2) is 36.7 Å². The third kappa shape index (κ3) is 9.01. The van der Waals surface area contributed by atoms with Gasteiger partial charge in [-0.25, -0.2) is 0 Å². The van der Waals surface area contributed by atoms with E-state index in [1.165, 1.54) is 12.8 Å². The molecule has 0 aromatic heterocycles. The lowest BCUT2D eigenvalue weighted by atomic mass is 10.3. The fraction of sp³-hybridized carbons (Fsp3) is 1.00. The van der Waals surface area contributed by atoms with Crippen molar-refractivity contribution in [2.75, 3.05) is 27.9 Å². The van der Waals surface area contributed by atoms with Gasteiger partial charge in [0.15, 0.2) is 0 Å². The quantitative estimate of drug-likeness (QED) is 0.688. The molecule has 0 aliphatic carbocycles. The highest BCUT2D eigenvalue weighted by Gasteiger charge is 2.36. The Hall–Kier alpha value is 0.0569. The van der Waals surface area contributed by atoms with Crippen LogP contribution in [0, 0.1) is 0 Å². The van der Waals surface area contributed by atoms with Crippen LogP contribution in [-0.2, 0) is 13.3 Å². The highest BCUT2D eigenvalue weighted by molar-refractivity contribution is 6.60. The van der Waals surface area contributed by atoms with Crippen molar-refractivity contribution in [2.45, 2.75) is 39.2 Å². The first-order valence-electron chi connectivity index (χ1n) is 5.51. The van der Waals surface area contributed by atoms with Crippen molar-refractivity contribution in [2.24, 2.45) is 5.73 Å². The minimum absolute atomic E-state index is 0.844. The fourth-order valence-corrected chi connectivity index (χ4v) is 2.79. The van der Waals surface area contributed by atoms with Gasteiger partial charge in [-0.3, -0.25) is 0 Å². The van der Waals surface area contributed by atoms with Crippen molar-refractivity contribution >= 4 is 8.80 Å². The van der Waals surface area contributed by atoms with Crippen LogP contribution < -0.4 is 5.73 Å². The van der Waals surface area contributed by atoms with Crippen LogP contribution >= 0.6 is 0 Å². The van der Waals surface area contributed by atoms with Crippen LogP contribution in [0.4, 0.5) is 0 Å². The molecule has 15 heavy (non-hydrogen) atoms. The summed E-state index contributed by atoms with van der Waals surface area (Å²) in [5, 5.41) is 0. The van der Waals surface area contributed by atoms with Crippen LogP contribution in [0.15, 0.2) is 0 Å². The third-order valence-electron chi connectivity index (χ3n) is 2.05. The Morgan fingerprint density at radius 3 is 1.47 bits per heavy atom. The highest BCUT2D eigenvalue weighted by Crippen LogP contribution is 2.13. The van der Waals surface area contributed by atoms with E-state index in [-0.39, 0.29) is 0 Å². The van der Waals surface area contributed by atoms with Gasteiger partial charge in [-0.1, -0.05) is 26.7 Å². The van der Waals surface area contributed by atoms with Gasteiger partial charge in [0, 0.05) is 27.4 Å². The zero-order valence-electron chi connectivity index (χ0n) is 10.8. The van der Waals surface area contributed by atoms with Crippen LogP contribution in [0.1, 0.15) is 33.1 Å². The Morgan fingerprint density at radius 2 is 1.40 bits per heavy atom. The molecule has 0 spiro atoms. The second-order valence-corrected chi connectivity index (χ2v) is 6.28. The summed E-state index contributed by atoms with van der Waals surface area (Å²) in [7, 11) is 2.68. The van der Waals surface area contributed by atoms with E-state index in [2.05, 4.69) is 13.8 Å². The maximum atomic E-state index is 5.17. The summed E-state index contributed by atoms with van der Waals surface area (Å²) in [6, 6.07) is 0.885. The number of rotatable bonds is 7. The number of unbranched alkanes of at least 4 members (excludes halogenated alkanes) is 1. The van der Waals surface area contributed by atoms with Crippen molar-refractivity contribution in [3.8, 4) is 0 Å². The summed E-state index contributed by atoms with van der Waals surface area (Å²) in [6.07, 6.45) is 3.41. The van der Waals surface area contributed by atoms with Crippen molar-refractivity contribution in [1.29, 1.82) is 0 Å². The average molecular weight is 237 g/mol. The molecule has 0 fully saturated rings. The predicted molar refractivity (Wildman–Crippen MR) is 65.8 cm³/mol. The summed E-state index contributed by atoms with van der Waals surface area (Å²) in [5.41, 5.74) is 5.14. The maximum absolute atomic E-state index is 5.17. The molecular formula is C10H27NO3Si. The van der Waals surface area contributed by atoms with Crippen LogP contribution in [0.25, 0.3) is 0 Å². The normalized spacial score (nSPS) is 10.8. The van der Waals surface area contributed by atoms with Crippen LogP contribution in [0.3, 0.4) is 0 Å². The van der Waals surface area contributed by atoms with Gasteiger partial charge < -0.3 is 19.0 Å². The Balaban J connectivity index is 0. The van der Waals surface area contributed by atoms with E-state index in [1.54, 1.807) is 21.3 Å². The largest absolute Gasteiger partial charge is 0.500 e. The van der Waals surface area contributed by atoms with E-state index in [0.717, 1.165) is 19.0 Å². The molecule has 4 nitrogen and oxygen atoms in total. The molecule has 0 heterocycles. The molecule has 0 aliphatic heterocycles. The maximum Gasteiger partial charge on any atom is 0.500 e. The SMILES string of the molecule is CCCCN.CCC[Si](OC)(OC)OC. The molecular weight excluding hydrogens is 210 g/mol. The standard InChI is InChI=1S/C6H16O3Si.C4H11N/c1-5-6-10(7-2,8-3)9-4;1-2-3-4-5/h5-6H2,1-4H3;2-5H2,1H3. The van der Waals surface area contributed by atoms with Gasteiger partial charge in [0.05, 0.1) is 0 Å². The van der Waals surface area contributed by atoms with Gasteiger partial charge in [0.1, 0.15) is 0 Å². The van der Waals surface area contributed by atoms with Gasteiger partial charge in [-0.15, -0.1) is 0 Å². The van der Waals surface area contributed by atoms with E-state index in [1.807, 2.05) is 0 Å². The lowest BCUT2D eigenvalue weighted by molar-refractivity contribution is 0.123. The van der Waals surface area contributed by atoms with Crippen LogP contribution in [0.5, 0.6) is 0 Å². The first-order chi connectivity index (χ1) is 7.16. The number of hydrogen-bond donors (Lipinski definition) is 1. The molecule has 0 aliphatic rings. The topological polar surface area (TPSA) is 53.7 Å². The van der Waals surface area contributed by atoms with Crippen molar-refractivity contribution in [3.05, 3.63) is 0 Å². The summed E-state index contributed by atoms with van der Waals surface area (Å²) in [6.45, 7) is 5.06. The molecule has 0 saturated heterocycles. The smallest absolute Gasteiger partial charge is 0.377 e. The Labute approximate surface area is 95.5 Å². The van der Waals surface area contributed by atoms with E-state index in [4.69, 9.17) is 19.0 Å². The number of hydrogen-bond acceptors (Lipinski definition) is 4. The summed E-state index contributed by atoms with van der Waals surface area (Å²) in [4.78, 5) is 0. The van der Waals surface area contributed by atoms with E-state index in [9.17, 15) is 0 Å². The van der Waals surface area contributed by atoms with E-state index < -0.39 is 8.80 Å². The summed E-state index contributed by atoms with van der Waals surface area (Å²) in [5.74, 6) is 0. The molecule has 0 atom stereocenters. The lowest BCUT2D eigenvalue weighted by Crippen LogP contribution is -2.42. The zero-order chi connectivity index (χ0) is 12.2. The van der Waals surface area contributed by atoms with Crippen molar-refractivity contribution in [1.82, 2.24) is 0 Å². The molecule has 0 saturated carbocycles. The minimum atomic E-state index is -2.22. The molecule has 94 valence electrons. The predicted octanol–water partition coefficient (Wildman–Crippen LogP) is 2.02. The van der Waals surface area contributed by atoms with Crippen molar-refractivity contribution < 1.29 is 13.3 Å². The van der Waals surface area contributed by atoms with Gasteiger partial charge in [0.25, 0.3) is 0 Å². The summed E-state index contributed by atoms with van der Waals surface area (Å²) >= 11 is 0. The van der Waals surface area contributed by atoms with E-state index in [0.29, 0.717) is 0 Å². The highest BCUT2D eigenvalue weighted by atomic mass is 28.4. The molecule has 0 amide bonds. The Kier molecular flexibility index (Phi) is 14.1. The van der Waals surface area contributed by atoms with Crippen LogP contribution in [0.2, 0.25) is 6.04 Å². The monoisotopic (exact) mass is 237 g/mol. The fourth-order valence-electron chi connectivity index (χ4n) is 1.07. The van der Waals surface area contributed by atoms with Gasteiger partial charge in [0.2, 0.25) is 0 Å². The number of nitrogens with two attached hydrogens (primary N) is 1. The molecule has 0 bridgehead atoms. The van der Waals surface area contributed by atoms with Gasteiger partial charge in [-0.05, 0) is 13.0 Å². The lowest BCUT2D eigenvalue weighted by Gasteiger charge is -2.23. The molecule has 0 unspecified atom stereocenters. The molecule has 0 rings (SSSR count). The zero-order valence-corrected chi connectivity index (χ0v) is 11.8. The van der Waals surface area contributed by atoms with Gasteiger partial charge in [-0.2, -0.15) is 0 Å². The second kappa shape index (κ2) is 12.1. The molecule has 0 aromatic carbocycles. The minimum Gasteiger partial charge on any atom is -0.377 e. The first-order valence-corrected chi connectivity index (χ1v) is 7.44. The first kappa shape index (κ1) is 17.5. The Bertz CT molecular complexity index is 111. The second-order valence-electron chi connectivity index (χ2n) is 3.19. The molecule has 5 heteroatoms. The van der Waals surface area contributed by atoms with Gasteiger partial charge >= 0.3 is 8.80 Å². The molecule has 2 N–H and O–H groups in total. The summed E-state index contributed by atoms with van der Waals surface area (Å²) < 4.78 is 15.5. The Morgan fingerprint density at radius 1 is 0.933 bits per heavy atom. The van der Waals surface area contributed by atoms with E-state index >= 15 is 0 Å². The van der Waals surface area contributed by atoms with Crippen molar-refractivity contribution in [3.63, 3.8) is 0 Å². The average Bonchev–Trinajstić information content (AvgIpc) is 2.28. The molecule has 0 aromatic rings.